The third kappa shape index (κ3) is 5.50. The first kappa shape index (κ1) is 21.6. The summed E-state index contributed by atoms with van der Waals surface area (Å²) in [6.07, 6.45) is 0.972. The van der Waals surface area contributed by atoms with E-state index in [0.717, 1.165) is 5.56 Å². The highest BCUT2D eigenvalue weighted by Crippen LogP contribution is 2.28. The molecule has 0 saturated carbocycles. The van der Waals surface area contributed by atoms with Crippen molar-refractivity contribution in [2.75, 3.05) is 25.5 Å². The van der Waals surface area contributed by atoms with Gasteiger partial charge < -0.3 is 10.1 Å². The summed E-state index contributed by atoms with van der Waals surface area (Å²) < 4.78 is 32.2. The van der Waals surface area contributed by atoms with E-state index in [1.165, 1.54) is 4.31 Å². The van der Waals surface area contributed by atoms with E-state index in [1.54, 1.807) is 31.4 Å². The predicted octanol–water partition coefficient (Wildman–Crippen LogP) is 3.84. The van der Waals surface area contributed by atoms with Gasteiger partial charge >= 0.3 is 0 Å². The lowest BCUT2D eigenvalue weighted by Gasteiger charge is -2.30. The molecule has 0 atom stereocenters. The van der Waals surface area contributed by atoms with E-state index < -0.39 is 10.0 Å². The number of aryl methyl sites for hydroxylation is 1. The molecule has 0 radical (unpaired) electrons. The van der Waals surface area contributed by atoms with Crippen LogP contribution in [0.4, 0.5) is 5.69 Å². The fourth-order valence-electron chi connectivity index (χ4n) is 3.43. The minimum absolute atomic E-state index is 0.0679. The van der Waals surface area contributed by atoms with Crippen LogP contribution in [0.2, 0.25) is 5.02 Å². The molecule has 2 aromatic carbocycles. The Balaban J connectivity index is 1.59. The summed E-state index contributed by atoms with van der Waals surface area (Å²) in [4.78, 5) is 12.7. The number of anilines is 1. The van der Waals surface area contributed by atoms with Crippen LogP contribution in [0.3, 0.4) is 0 Å². The van der Waals surface area contributed by atoms with Crippen molar-refractivity contribution in [3.8, 4) is 5.75 Å². The van der Waals surface area contributed by atoms with Crippen molar-refractivity contribution >= 4 is 33.2 Å². The topological polar surface area (TPSA) is 75.7 Å². The summed E-state index contributed by atoms with van der Waals surface area (Å²) in [7, 11) is -1.88. The molecule has 8 heteroatoms. The zero-order valence-electron chi connectivity index (χ0n) is 16.5. The van der Waals surface area contributed by atoms with Crippen LogP contribution in [-0.4, -0.2) is 38.8 Å². The van der Waals surface area contributed by atoms with Crippen molar-refractivity contribution in [2.45, 2.75) is 25.5 Å². The standard InChI is InChI=1S/C21H25ClN2O4S/c1-15-3-8-20(28-2)19(13-15)23-21(25)17-9-11-24(12-10-17)29(26,27)14-16-4-6-18(22)7-5-16/h3-8,13,17H,9-12,14H2,1-2H3,(H,23,25). The molecule has 1 aliphatic rings. The first-order valence-corrected chi connectivity index (χ1v) is 11.4. The molecule has 29 heavy (non-hydrogen) atoms. The summed E-state index contributed by atoms with van der Waals surface area (Å²) in [5.74, 6) is 0.194. The van der Waals surface area contributed by atoms with Crippen LogP contribution in [0, 0.1) is 12.8 Å². The number of methoxy groups -OCH3 is 1. The molecule has 1 amide bonds. The molecular formula is C21H25ClN2O4S. The van der Waals surface area contributed by atoms with E-state index >= 15 is 0 Å². The molecule has 1 saturated heterocycles. The maximum atomic E-state index is 12.7. The second-order valence-corrected chi connectivity index (χ2v) is 9.65. The zero-order valence-corrected chi connectivity index (χ0v) is 18.1. The highest BCUT2D eigenvalue weighted by molar-refractivity contribution is 7.88. The van der Waals surface area contributed by atoms with Crippen molar-refractivity contribution in [3.63, 3.8) is 0 Å². The normalized spacial score (nSPS) is 15.8. The van der Waals surface area contributed by atoms with Gasteiger partial charge in [-0.3, -0.25) is 4.79 Å². The number of nitrogens with one attached hydrogen (secondary N) is 1. The highest BCUT2D eigenvalue weighted by atomic mass is 35.5. The maximum Gasteiger partial charge on any atom is 0.227 e. The molecule has 156 valence electrons. The van der Waals surface area contributed by atoms with Gasteiger partial charge in [-0.25, -0.2) is 12.7 Å². The number of halogens is 1. The summed E-state index contributed by atoms with van der Waals surface area (Å²) in [5, 5.41) is 3.50. The summed E-state index contributed by atoms with van der Waals surface area (Å²) in [6.45, 7) is 2.61. The monoisotopic (exact) mass is 436 g/mol. The van der Waals surface area contributed by atoms with Crippen LogP contribution in [0.1, 0.15) is 24.0 Å². The predicted molar refractivity (Wildman–Crippen MR) is 115 cm³/mol. The molecule has 1 aliphatic heterocycles. The van der Waals surface area contributed by atoms with Crippen molar-refractivity contribution < 1.29 is 17.9 Å². The Morgan fingerprint density at radius 1 is 1.17 bits per heavy atom. The van der Waals surface area contributed by atoms with E-state index in [1.807, 2.05) is 25.1 Å². The Bertz CT molecular complexity index is 969. The molecule has 1 fully saturated rings. The molecule has 1 N–H and O–H groups in total. The van der Waals surface area contributed by atoms with Crippen LogP contribution >= 0.6 is 11.6 Å². The number of nitrogens with zero attached hydrogens (tertiary/aromatic N) is 1. The number of piperidine rings is 1. The number of carbonyl (C=O) groups excluding carboxylic acids is 1. The van der Waals surface area contributed by atoms with Gasteiger partial charge in [-0.2, -0.15) is 0 Å². The Kier molecular flexibility index (Phi) is 6.82. The van der Waals surface area contributed by atoms with E-state index in [2.05, 4.69) is 5.32 Å². The summed E-state index contributed by atoms with van der Waals surface area (Å²) in [5.41, 5.74) is 2.35. The average Bonchev–Trinajstić information content (AvgIpc) is 2.70. The van der Waals surface area contributed by atoms with Crippen LogP contribution in [0.15, 0.2) is 42.5 Å². The first-order chi connectivity index (χ1) is 13.8. The Morgan fingerprint density at radius 3 is 2.45 bits per heavy atom. The van der Waals surface area contributed by atoms with Crippen molar-refractivity contribution in [1.29, 1.82) is 0 Å². The summed E-state index contributed by atoms with van der Waals surface area (Å²) >= 11 is 5.86. The van der Waals surface area contributed by atoms with Gasteiger partial charge in [-0.1, -0.05) is 29.8 Å². The van der Waals surface area contributed by atoms with Crippen LogP contribution in [0.5, 0.6) is 5.75 Å². The lowest BCUT2D eigenvalue weighted by molar-refractivity contribution is -0.120. The van der Waals surface area contributed by atoms with Gasteiger partial charge in [0.15, 0.2) is 0 Å². The number of sulfonamides is 1. The first-order valence-electron chi connectivity index (χ1n) is 9.46. The zero-order chi connectivity index (χ0) is 21.0. The minimum atomic E-state index is -3.43. The summed E-state index contributed by atoms with van der Waals surface area (Å²) in [6, 6.07) is 12.4. The second-order valence-electron chi connectivity index (χ2n) is 7.25. The number of hydrogen-bond donors (Lipinski definition) is 1. The molecule has 2 aromatic rings. The Hall–Kier alpha value is -2.09. The second kappa shape index (κ2) is 9.15. The Morgan fingerprint density at radius 2 is 1.83 bits per heavy atom. The number of hydrogen-bond acceptors (Lipinski definition) is 4. The fraction of sp³-hybridized carbons (Fsp3) is 0.381. The van der Waals surface area contributed by atoms with E-state index in [4.69, 9.17) is 16.3 Å². The van der Waals surface area contributed by atoms with Gasteiger partial charge in [-0.15, -0.1) is 0 Å². The molecule has 0 aromatic heterocycles. The van der Waals surface area contributed by atoms with E-state index in [0.29, 0.717) is 48.0 Å². The third-order valence-electron chi connectivity index (χ3n) is 5.09. The van der Waals surface area contributed by atoms with E-state index in [9.17, 15) is 13.2 Å². The smallest absolute Gasteiger partial charge is 0.227 e. The largest absolute Gasteiger partial charge is 0.495 e. The van der Waals surface area contributed by atoms with Crippen LogP contribution in [0.25, 0.3) is 0 Å². The molecule has 6 nitrogen and oxygen atoms in total. The lowest BCUT2D eigenvalue weighted by atomic mass is 9.97. The van der Waals surface area contributed by atoms with E-state index in [-0.39, 0.29) is 17.6 Å². The van der Waals surface area contributed by atoms with Gasteiger partial charge in [0.05, 0.1) is 18.6 Å². The minimum Gasteiger partial charge on any atom is -0.495 e. The number of ether oxygens (including phenoxy) is 1. The molecule has 0 unspecified atom stereocenters. The Labute approximate surface area is 176 Å². The fourth-order valence-corrected chi connectivity index (χ4v) is 5.12. The molecule has 1 heterocycles. The van der Waals surface area contributed by atoms with Gasteiger partial charge in [0.1, 0.15) is 5.75 Å². The average molecular weight is 437 g/mol. The third-order valence-corrected chi connectivity index (χ3v) is 7.20. The van der Waals surface area contributed by atoms with Gasteiger partial charge in [0.25, 0.3) is 0 Å². The number of rotatable bonds is 6. The van der Waals surface area contributed by atoms with Crippen LogP contribution in [-0.2, 0) is 20.6 Å². The number of benzene rings is 2. The maximum absolute atomic E-state index is 12.7. The van der Waals surface area contributed by atoms with Crippen molar-refractivity contribution in [1.82, 2.24) is 4.31 Å². The van der Waals surface area contributed by atoms with Gasteiger partial charge in [0.2, 0.25) is 15.9 Å². The lowest BCUT2D eigenvalue weighted by Crippen LogP contribution is -2.41. The van der Waals surface area contributed by atoms with Gasteiger partial charge in [-0.05, 0) is 55.2 Å². The quantitative estimate of drug-likeness (QED) is 0.746. The molecule has 3 rings (SSSR count). The number of carbonyl (C=O) groups is 1. The molecule has 0 spiro atoms. The SMILES string of the molecule is COc1ccc(C)cc1NC(=O)C1CCN(S(=O)(=O)Cc2ccc(Cl)cc2)CC1. The number of amides is 1. The molecule has 0 aliphatic carbocycles. The highest BCUT2D eigenvalue weighted by Gasteiger charge is 2.31. The molecular weight excluding hydrogens is 412 g/mol. The van der Waals surface area contributed by atoms with Crippen molar-refractivity contribution in [3.05, 3.63) is 58.6 Å². The van der Waals surface area contributed by atoms with Crippen molar-refractivity contribution in [2.24, 2.45) is 5.92 Å². The van der Waals surface area contributed by atoms with Gasteiger partial charge in [0, 0.05) is 24.0 Å². The molecule has 0 bridgehead atoms. The van der Waals surface area contributed by atoms with Crippen LogP contribution < -0.4 is 10.1 Å².